The van der Waals surface area contributed by atoms with Crippen LogP contribution in [0.3, 0.4) is 0 Å². The number of nitrogens with two attached hydrogens (primary N) is 1. The van der Waals surface area contributed by atoms with Crippen molar-refractivity contribution in [2.24, 2.45) is 5.84 Å². The molecule has 174 valence electrons. The van der Waals surface area contributed by atoms with E-state index in [1.807, 2.05) is 0 Å². The lowest BCUT2D eigenvalue weighted by Gasteiger charge is -2.07. The van der Waals surface area contributed by atoms with Crippen molar-refractivity contribution in [3.05, 3.63) is 0 Å². The summed E-state index contributed by atoms with van der Waals surface area (Å²) in [7, 11) is 0. The number of unbranched alkanes of at least 4 members (excludes halogenated alkanes) is 21. The van der Waals surface area contributed by atoms with Crippen LogP contribution in [-0.2, 0) is 4.79 Å². The quantitative estimate of drug-likeness (QED) is 0.0586. The van der Waals surface area contributed by atoms with Gasteiger partial charge in [-0.25, -0.2) is 5.84 Å². The SMILES string of the molecule is CCCCCCCCCCCCCCCCCCCCCCCCC(=O)N(N)O. The molecule has 0 saturated carbocycles. The summed E-state index contributed by atoms with van der Waals surface area (Å²) in [5.74, 6) is 4.58. The highest BCUT2D eigenvalue weighted by Gasteiger charge is 2.04. The first-order valence-corrected chi connectivity index (χ1v) is 12.9. The van der Waals surface area contributed by atoms with Gasteiger partial charge in [0.2, 0.25) is 0 Å². The van der Waals surface area contributed by atoms with Crippen LogP contribution in [0.2, 0.25) is 0 Å². The Morgan fingerprint density at radius 3 is 1.03 bits per heavy atom. The Morgan fingerprint density at radius 1 is 0.552 bits per heavy atom. The average Bonchev–Trinajstić information content (AvgIpc) is 2.71. The number of rotatable bonds is 23. The summed E-state index contributed by atoms with van der Waals surface area (Å²) in [5.41, 5.74) is 0. The van der Waals surface area contributed by atoms with Gasteiger partial charge in [-0.15, -0.1) is 0 Å². The van der Waals surface area contributed by atoms with Crippen LogP contribution in [-0.4, -0.2) is 16.3 Å². The molecular formula is C25H52N2O2. The molecular weight excluding hydrogens is 360 g/mol. The lowest BCUT2D eigenvalue weighted by molar-refractivity contribution is -0.166. The van der Waals surface area contributed by atoms with Crippen molar-refractivity contribution in [2.75, 3.05) is 0 Å². The summed E-state index contributed by atoms with van der Waals surface area (Å²) in [6.45, 7) is 2.29. The third-order valence-corrected chi connectivity index (χ3v) is 6.00. The van der Waals surface area contributed by atoms with Gasteiger partial charge in [-0.2, -0.15) is 5.17 Å². The molecule has 0 saturated heterocycles. The summed E-state index contributed by atoms with van der Waals surface area (Å²) in [4.78, 5) is 11.1. The molecule has 0 bridgehead atoms. The summed E-state index contributed by atoms with van der Waals surface area (Å²) >= 11 is 0. The molecule has 29 heavy (non-hydrogen) atoms. The zero-order valence-electron chi connectivity index (χ0n) is 19.6. The lowest BCUT2D eigenvalue weighted by Crippen LogP contribution is -2.33. The van der Waals surface area contributed by atoms with Gasteiger partial charge in [-0.1, -0.05) is 142 Å². The Morgan fingerprint density at radius 2 is 0.793 bits per heavy atom. The summed E-state index contributed by atoms with van der Waals surface area (Å²) in [6.07, 6.45) is 30.2. The maximum absolute atomic E-state index is 11.1. The molecule has 0 heterocycles. The highest BCUT2D eigenvalue weighted by atomic mass is 16.5. The predicted octanol–water partition coefficient (Wildman–Crippen LogP) is 8.07. The smallest absolute Gasteiger partial charge is 0.260 e. The van der Waals surface area contributed by atoms with Crippen LogP contribution < -0.4 is 5.84 Å². The van der Waals surface area contributed by atoms with Gasteiger partial charge >= 0.3 is 0 Å². The van der Waals surface area contributed by atoms with E-state index in [1.54, 1.807) is 0 Å². The first kappa shape index (κ1) is 28.4. The van der Waals surface area contributed by atoms with Crippen molar-refractivity contribution in [1.82, 2.24) is 5.17 Å². The minimum atomic E-state index is -0.391. The van der Waals surface area contributed by atoms with Crippen molar-refractivity contribution in [3.8, 4) is 0 Å². The molecule has 0 aliphatic heterocycles. The van der Waals surface area contributed by atoms with Gasteiger partial charge < -0.3 is 0 Å². The molecule has 0 unspecified atom stereocenters. The Kier molecular flexibility index (Phi) is 23.2. The molecule has 0 atom stereocenters. The van der Waals surface area contributed by atoms with Gasteiger partial charge in [0, 0.05) is 6.42 Å². The van der Waals surface area contributed by atoms with Gasteiger partial charge in [-0.3, -0.25) is 10.0 Å². The van der Waals surface area contributed by atoms with Gasteiger partial charge in [0.1, 0.15) is 0 Å². The van der Waals surface area contributed by atoms with Gasteiger partial charge in [0.05, 0.1) is 0 Å². The van der Waals surface area contributed by atoms with Crippen molar-refractivity contribution < 1.29 is 10.0 Å². The second-order valence-electron chi connectivity index (χ2n) is 8.91. The first-order valence-electron chi connectivity index (χ1n) is 12.9. The van der Waals surface area contributed by atoms with Crippen LogP contribution in [0.5, 0.6) is 0 Å². The number of carbonyl (C=O) groups is 1. The number of amides is 1. The van der Waals surface area contributed by atoms with E-state index >= 15 is 0 Å². The molecule has 0 rings (SSSR count). The average molecular weight is 413 g/mol. The lowest BCUT2D eigenvalue weighted by atomic mass is 10.0. The van der Waals surface area contributed by atoms with Crippen molar-refractivity contribution in [1.29, 1.82) is 0 Å². The molecule has 0 aromatic heterocycles. The molecule has 0 aliphatic carbocycles. The molecule has 4 heteroatoms. The molecule has 0 fully saturated rings. The van der Waals surface area contributed by atoms with Gasteiger partial charge in [-0.05, 0) is 6.42 Å². The fourth-order valence-electron chi connectivity index (χ4n) is 4.00. The zero-order chi connectivity index (χ0) is 21.4. The van der Waals surface area contributed by atoms with Crippen molar-refractivity contribution in [3.63, 3.8) is 0 Å². The molecule has 0 aromatic rings. The molecule has 0 radical (unpaired) electrons. The minimum Gasteiger partial charge on any atom is -0.271 e. The van der Waals surface area contributed by atoms with E-state index in [4.69, 9.17) is 11.0 Å². The number of nitrogens with zero attached hydrogens (tertiary/aromatic N) is 1. The largest absolute Gasteiger partial charge is 0.271 e. The summed E-state index contributed by atoms with van der Waals surface area (Å²) < 4.78 is 0. The van der Waals surface area contributed by atoms with Crippen molar-refractivity contribution in [2.45, 2.75) is 155 Å². The normalized spacial score (nSPS) is 11.1. The second kappa shape index (κ2) is 23.7. The maximum Gasteiger partial charge on any atom is 0.260 e. The fourth-order valence-corrected chi connectivity index (χ4v) is 4.00. The Hall–Kier alpha value is -0.610. The molecule has 0 aliphatic rings. The van der Waals surface area contributed by atoms with E-state index in [1.165, 1.54) is 128 Å². The van der Waals surface area contributed by atoms with E-state index in [2.05, 4.69) is 6.92 Å². The molecule has 0 aromatic carbocycles. The molecule has 1 amide bonds. The number of carbonyl (C=O) groups excluding carboxylic acids is 1. The van der Waals surface area contributed by atoms with E-state index < -0.39 is 5.91 Å². The fraction of sp³-hybridized carbons (Fsp3) is 0.960. The maximum atomic E-state index is 11.1. The van der Waals surface area contributed by atoms with Crippen LogP contribution in [0.15, 0.2) is 0 Å². The van der Waals surface area contributed by atoms with Crippen LogP contribution in [0, 0.1) is 0 Å². The third kappa shape index (κ3) is 23.5. The standard InChI is InChI=1S/C25H52N2O2/c1-2-3-4-5-6-7-8-9-10-11-12-13-14-15-16-17-18-19-20-21-22-23-24-25(28)27(26)29/h29H,2-24,26H2,1H3. The number of hydrogen-bond donors (Lipinski definition) is 2. The number of hydroxylamine groups is 1. The minimum absolute atomic E-state index is 0.206. The first-order chi connectivity index (χ1) is 14.2. The van der Waals surface area contributed by atoms with Gasteiger partial charge in [0.15, 0.2) is 0 Å². The van der Waals surface area contributed by atoms with E-state index in [0.29, 0.717) is 6.42 Å². The van der Waals surface area contributed by atoms with E-state index in [-0.39, 0.29) is 5.17 Å². The van der Waals surface area contributed by atoms with E-state index in [0.717, 1.165) is 12.8 Å². The van der Waals surface area contributed by atoms with Crippen LogP contribution in [0.25, 0.3) is 0 Å². The monoisotopic (exact) mass is 412 g/mol. The van der Waals surface area contributed by atoms with Crippen LogP contribution in [0.1, 0.15) is 155 Å². The van der Waals surface area contributed by atoms with E-state index in [9.17, 15) is 4.79 Å². The summed E-state index contributed by atoms with van der Waals surface area (Å²) in [5, 5.41) is 8.96. The molecule has 3 N–H and O–H groups in total. The van der Waals surface area contributed by atoms with Crippen LogP contribution >= 0.6 is 0 Å². The highest BCUT2D eigenvalue weighted by Crippen LogP contribution is 2.15. The Labute approximate surface area is 181 Å². The molecule has 0 spiro atoms. The van der Waals surface area contributed by atoms with Gasteiger partial charge in [0.25, 0.3) is 5.91 Å². The Balaban J connectivity index is 3.04. The second-order valence-corrected chi connectivity index (χ2v) is 8.91. The van der Waals surface area contributed by atoms with Crippen LogP contribution in [0.4, 0.5) is 0 Å². The summed E-state index contributed by atoms with van der Waals surface area (Å²) in [6, 6.07) is 0. The predicted molar refractivity (Wildman–Crippen MR) is 125 cm³/mol. The number of hydrazine groups is 1. The zero-order valence-corrected chi connectivity index (χ0v) is 19.6. The topological polar surface area (TPSA) is 66.6 Å². The highest BCUT2D eigenvalue weighted by molar-refractivity contribution is 5.74. The Bertz CT molecular complexity index is 335. The third-order valence-electron chi connectivity index (χ3n) is 6.00. The number of hydrogen-bond acceptors (Lipinski definition) is 3. The molecule has 4 nitrogen and oxygen atoms in total. The van der Waals surface area contributed by atoms with Crippen molar-refractivity contribution >= 4 is 5.91 Å².